The Bertz CT molecular complexity index is 973. The van der Waals surface area contributed by atoms with Crippen LogP contribution in [-0.4, -0.2) is 14.3 Å². The normalized spacial score (nSPS) is 17.3. The first-order valence-electron chi connectivity index (χ1n) is 9.57. The SMILES string of the molecule is CC(C)(C)[C@H]1CC=C(NNC(=O)c2ccc(NS(=O)(=O)c3cccs3)cc2)CC1. The Balaban J connectivity index is 1.54. The highest BCUT2D eigenvalue weighted by Crippen LogP contribution is 2.36. The topological polar surface area (TPSA) is 87.3 Å². The maximum Gasteiger partial charge on any atom is 0.271 e. The molecule has 0 saturated heterocycles. The largest absolute Gasteiger partial charge is 0.303 e. The zero-order valence-corrected chi connectivity index (χ0v) is 18.5. The van der Waals surface area contributed by atoms with Crippen LogP contribution < -0.4 is 15.6 Å². The van der Waals surface area contributed by atoms with E-state index in [1.807, 2.05) is 0 Å². The second-order valence-corrected chi connectivity index (χ2v) is 11.1. The maximum atomic E-state index is 12.4. The van der Waals surface area contributed by atoms with Gasteiger partial charge in [0.25, 0.3) is 15.9 Å². The summed E-state index contributed by atoms with van der Waals surface area (Å²) in [7, 11) is -3.59. The molecule has 3 rings (SSSR count). The van der Waals surface area contributed by atoms with Gasteiger partial charge in [-0.25, -0.2) is 8.42 Å². The molecule has 6 nitrogen and oxygen atoms in total. The van der Waals surface area contributed by atoms with Crippen LogP contribution in [0.3, 0.4) is 0 Å². The van der Waals surface area contributed by atoms with E-state index in [1.54, 1.807) is 41.8 Å². The van der Waals surface area contributed by atoms with Crippen molar-refractivity contribution in [3.05, 3.63) is 59.1 Å². The molecule has 1 amide bonds. The Morgan fingerprint density at radius 2 is 1.86 bits per heavy atom. The number of carbonyl (C=O) groups is 1. The number of sulfonamides is 1. The number of nitrogens with one attached hydrogen (secondary N) is 3. The quantitative estimate of drug-likeness (QED) is 0.585. The lowest BCUT2D eigenvalue weighted by Crippen LogP contribution is -2.38. The van der Waals surface area contributed by atoms with Gasteiger partial charge in [0.05, 0.1) is 0 Å². The highest BCUT2D eigenvalue weighted by atomic mass is 32.2. The first-order chi connectivity index (χ1) is 13.6. The summed E-state index contributed by atoms with van der Waals surface area (Å²) in [5, 5.41) is 1.71. The van der Waals surface area contributed by atoms with E-state index in [0.29, 0.717) is 17.2 Å². The monoisotopic (exact) mass is 433 g/mol. The van der Waals surface area contributed by atoms with Crippen molar-refractivity contribution in [2.75, 3.05) is 4.72 Å². The zero-order valence-electron chi connectivity index (χ0n) is 16.9. The van der Waals surface area contributed by atoms with Gasteiger partial charge in [-0.05, 0) is 66.3 Å². The number of benzene rings is 1. The van der Waals surface area contributed by atoms with Gasteiger partial charge in [0.15, 0.2) is 0 Å². The highest BCUT2D eigenvalue weighted by molar-refractivity contribution is 7.94. The Labute approximate surface area is 176 Å². The van der Waals surface area contributed by atoms with Gasteiger partial charge in [0, 0.05) is 16.9 Å². The standard InChI is InChI=1S/C21H27N3O3S2/c1-21(2,3)16-8-12-17(13-9-16)22-23-20(25)15-6-10-18(11-7-15)24-29(26,27)19-5-4-14-28-19/h4-7,10-12,14,16,22,24H,8-9,13H2,1-3H3,(H,23,25)/t16-/m0/s1. The van der Waals surface area contributed by atoms with Crippen LogP contribution in [0.4, 0.5) is 5.69 Å². The molecule has 1 atom stereocenters. The molecular weight excluding hydrogens is 406 g/mol. The molecule has 1 heterocycles. The smallest absolute Gasteiger partial charge is 0.271 e. The van der Waals surface area contributed by atoms with Crippen molar-refractivity contribution in [3.63, 3.8) is 0 Å². The fourth-order valence-electron chi connectivity index (χ4n) is 3.25. The van der Waals surface area contributed by atoms with Crippen molar-refractivity contribution in [1.82, 2.24) is 10.9 Å². The number of allylic oxidation sites excluding steroid dienone is 2. The van der Waals surface area contributed by atoms with Crippen LogP contribution in [-0.2, 0) is 10.0 Å². The van der Waals surface area contributed by atoms with Crippen molar-refractivity contribution in [2.24, 2.45) is 11.3 Å². The van der Waals surface area contributed by atoms with Gasteiger partial charge in [-0.2, -0.15) is 0 Å². The number of thiophene rings is 1. The summed E-state index contributed by atoms with van der Waals surface area (Å²) in [5.74, 6) is 0.380. The van der Waals surface area contributed by atoms with Crippen molar-refractivity contribution >= 4 is 33.0 Å². The molecule has 0 radical (unpaired) electrons. The fraction of sp³-hybridized carbons (Fsp3) is 0.381. The number of hydrogen-bond donors (Lipinski definition) is 3. The molecule has 8 heteroatoms. The molecule has 1 aromatic heterocycles. The molecule has 1 aliphatic rings. The lowest BCUT2D eigenvalue weighted by Gasteiger charge is -2.33. The molecule has 2 aromatic rings. The molecule has 156 valence electrons. The molecule has 1 aromatic carbocycles. The molecule has 0 aliphatic heterocycles. The van der Waals surface area contributed by atoms with Crippen LogP contribution in [0.15, 0.2) is 57.8 Å². The van der Waals surface area contributed by atoms with E-state index in [0.717, 1.165) is 36.3 Å². The second-order valence-electron chi connectivity index (χ2n) is 8.26. The summed E-state index contributed by atoms with van der Waals surface area (Å²) < 4.78 is 27.3. The van der Waals surface area contributed by atoms with E-state index in [2.05, 4.69) is 42.4 Å². The van der Waals surface area contributed by atoms with E-state index >= 15 is 0 Å². The molecule has 0 saturated carbocycles. The van der Waals surface area contributed by atoms with Gasteiger partial charge in [0.2, 0.25) is 0 Å². The number of rotatable bonds is 6. The first-order valence-corrected chi connectivity index (χ1v) is 11.9. The van der Waals surface area contributed by atoms with Crippen LogP contribution in [0.25, 0.3) is 0 Å². The van der Waals surface area contributed by atoms with Gasteiger partial charge in [-0.1, -0.05) is 32.9 Å². The number of hydrazine groups is 1. The second kappa shape index (κ2) is 8.59. The van der Waals surface area contributed by atoms with Gasteiger partial charge < -0.3 is 5.43 Å². The lowest BCUT2D eigenvalue weighted by molar-refractivity contribution is 0.0937. The van der Waals surface area contributed by atoms with E-state index in [1.165, 1.54) is 0 Å². The number of anilines is 1. The minimum atomic E-state index is -3.59. The molecule has 3 N–H and O–H groups in total. The van der Waals surface area contributed by atoms with Crippen molar-refractivity contribution in [1.29, 1.82) is 0 Å². The molecule has 0 spiro atoms. The van der Waals surface area contributed by atoms with Crippen molar-refractivity contribution in [2.45, 2.75) is 44.2 Å². The third-order valence-corrected chi connectivity index (χ3v) is 7.91. The molecule has 0 fully saturated rings. The summed E-state index contributed by atoms with van der Waals surface area (Å²) in [5.41, 5.74) is 7.90. The Morgan fingerprint density at radius 3 is 2.41 bits per heavy atom. The maximum absolute atomic E-state index is 12.4. The third-order valence-electron chi connectivity index (χ3n) is 5.13. The van der Waals surface area contributed by atoms with Gasteiger partial charge in [-0.15, -0.1) is 11.3 Å². The lowest BCUT2D eigenvalue weighted by atomic mass is 9.74. The minimum absolute atomic E-state index is 0.248. The van der Waals surface area contributed by atoms with Crippen LogP contribution >= 0.6 is 11.3 Å². The fourth-order valence-corrected chi connectivity index (χ4v) is 5.31. The summed E-state index contributed by atoms with van der Waals surface area (Å²) in [6, 6.07) is 9.57. The number of amides is 1. The molecule has 29 heavy (non-hydrogen) atoms. The van der Waals surface area contributed by atoms with Crippen molar-refractivity contribution in [3.8, 4) is 0 Å². The van der Waals surface area contributed by atoms with Crippen molar-refractivity contribution < 1.29 is 13.2 Å². The van der Waals surface area contributed by atoms with Gasteiger partial charge in [0.1, 0.15) is 4.21 Å². The first kappa shape index (κ1) is 21.4. The molecule has 1 aliphatic carbocycles. The minimum Gasteiger partial charge on any atom is -0.303 e. The van der Waals surface area contributed by atoms with Gasteiger partial charge in [-0.3, -0.25) is 14.9 Å². The van der Waals surface area contributed by atoms with Crippen LogP contribution in [0.5, 0.6) is 0 Å². The summed E-state index contributed by atoms with van der Waals surface area (Å²) >= 11 is 1.15. The number of carbonyl (C=O) groups excluding carboxylic acids is 1. The molecular formula is C21H27N3O3S2. The Morgan fingerprint density at radius 1 is 1.14 bits per heavy atom. The van der Waals surface area contributed by atoms with E-state index < -0.39 is 10.0 Å². The number of hydrogen-bond acceptors (Lipinski definition) is 5. The average Bonchev–Trinajstić information content (AvgIpc) is 3.22. The predicted molar refractivity (Wildman–Crippen MR) is 117 cm³/mol. The van der Waals surface area contributed by atoms with E-state index in [9.17, 15) is 13.2 Å². The molecule has 0 unspecified atom stereocenters. The van der Waals surface area contributed by atoms with Crippen LogP contribution in [0.2, 0.25) is 0 Å². The Kier molecular flexibility index (Phi) is 6.33. The van der Waals surface area contributed by atoms with Crippen LogP contribution in [0.1, 0.15) is 50.4 Å². The van der Waals surface area contributed by atoms with E-state index in [4.69, 9.17) is 0 Å². The van der Waals surface area contributed by atoms with Gasteiger partial charge >= 0.3 is 0 Å². The highest BCUT2D eigenvalue weighted by Gasteiger charge is 2.26. The van der Waals surface area contributed by atoms with E-state index in [-0.39, 0.29) is 15.5 Å². The summed E-state index contributed by atoms with van der Waals surface area (Å²) in [6.07, 6.45) is 5.16. The van der Waals surface area contributed by atoms with Crippen LogP contribution in [0, 0.1) is 11.3 Å². The summed E-state index contributed by atoms with van der Waals surface area (Å²) in [4.78, 5) is 12.4. The average molecular weight is 434 g/mol. The molecule has 0 bridgehead atoms. The zero-order chi connectivity index (χ0) is 21.1. The summed E-state index contributed by atoms with van der Waals surface area (Å²) in [6.45, 7) is 6.78. The third kappa shape index (κ3) is 5.61. The Hall–Kier alpha value is -2.32. The predicted octanol–water partition coefficient (Wildman–Crippen LogP) is 4.51.